The highest BCUT2D eigenvalue weighted by Crippen LogP contribution is 2.38. The van der Waals surface area contributed by atoms with Crippen molar-refractivity contribution < 1.29 is 40.7 Å². The summed E-state index contributed by atoms with van der Waals surface area (Å²) in [7, 11) is 0. The number of hydrogen-bond donors (Lipinski definition) is 1. The fraction of sp³-hybridized carbons (Fsp3) is 0.500. The number of amides is 1. The molecule has 1 aromatic rings. The number of hydrogen-bond acceptors (Lipinski definition) is 6. The molecule has 0 aromatic heterocycles. The highest BCUT2D eigenvalue weighted by atomic mass is 32.2. The number of ether oxygens (including phenoxy) is 1. The number of carbonyl (C=O) groups is 2. The largest absolute Gasteiger partial charge is 0.465 e. The number of allylic oxidation sites excluding steroid dienone is 1. The number of aliphatic imine (C=N–C) groups is 1. The molecular weight excluding hydrogens is 500 g/mol. The van der Waals surface area contributed by atoms with Gasteiger partial charge in [0.1, 0.15) is 12.4 Å². The molecule has 0 spiro atoms. The van der Waals surface area contributed by atoms with Gasteiger partial charge in [-0.25, -0.2) is 0 Å². The molecule has 1 N–H and O–H groups in total. The van der Waals surface area contributed by atoms with E-state index in [0.717, 1.165) is 17.8 Å². The van der Waals surface area contributed by atoms with Gasteiger partial charge in [0.15, 0.2) is 0 Å². The zero-order valence-corrected chi connectivity index (χ0v) is 19.4. The minimum atomic E-state index is -4.90. The second kappa shape index (κ2) is 11.0. The van der Waals surface area contributed by atoms with Gasteiger partial charge >= 0.3 is 18.3 Å². The van der Waals surface area contributed by atoms with Crippen LogP contribution in [0.3, 0.4) is 0 Å². The van der Waals surface area contributed by atoms with Gasteiger partial charge in [-0.15, -0.1) is 0 Å². The van der Waals surface area contributed by atoms with Crippen LogP contribution in [0.4, 0.5) is 31.1 Å². The molecule has 2 saturated heterocycles. The summed E-state index contributed by atoms with van der Waals surface area (Å²) >= 11 is 0.941. The summed E-state index contributed by atoms with van der Waals surface area (Å²) in [6.07, 6.45) is -6.77. The molecule has 2 aliphatic heterocycles. The average molecular weight is 523 g/mol. The van der Waals surface area contributed by atoms with Crippen LogP contribution in [0.25, 0.3) is 0 Å². The SMILES string of the molecule is CCOC(=O)CN=C1NC(=O)S/C1=C\C1CCN(Cc2ccc(C(F)(F)F)cc2C(F)(F)F)CC1. The Morgan fingerprint density at radius 2 is 1.89 bits per heavy atom. The van der Waals surface area contributed by atoms with Crippen LogP contribution >= 0.6 is 11.8 Å². The molecule has 0 aliphatic carbocycles. The normalized spacial score (nSPS) is 20.5. The first-order chi connectivity index (χ1) is 16.4. The second-order valence-electron chi connectivity index (χ2n) is 8.00. The van der Waals surface area contributed by atoms with Gasteiger partial charge in [0, 0.05) is 6.54 Å². The highest BCUT2D eigenvalue weighted by Gasteiger charge is 2.38. The number of thioether (sulfide) groups is 1. The van der Waals surface area contributed by atoms with Gasteiger partial charge in [0.2, 0.25) is 0 Å². The van der Waals surface area contributed by atoms with Crippen LogP contribution in [0.1, 0.15) is 36.5 Å². The average Bonchev–Trinajstić information content (AvgIpc) is 3.11. The van der Waals surface area contributed by atoms with Crippen molar-refractivity contribution >= 4 is 28.8 Å². The van der Waals surface area contributed by atoms with E-state index in [1.807, 2.05) is 6.08 Å². The van der Waals surface area contributed by atoms with E-state index in [1.165, 1.54) is 0 Å². The lowest BCUT2D eigenvalue weighted by Crippen LogP contribution is -2.33. The van der Waals surface area contributed by atoms with E-state index in [0.29, 0.717) is 36.9 Å². The Morgan fingerprint density at radius 1 is 1.20 bits per heavy atom. The number of likely N-dealkylation sites (tertiary alicyclic amines) is 1. The minimum Gasteiger partial charge on any atom is -0.465 e. The molecule has 0 radical (unpaired) electrons. The van der Waals surface area contributed by atoms with Crippen molar-refractivity contribution in [2.45, 2.75) is 38.7 Å². The Morgan fingerprint density at radius 3 is 2.49 bits per heavy atom. The molecule has 6 nitrogen and oxygen atoms in total. The van der Waals surface area contributed by atoms with E-state index < -0.39 is 29.4 Å². The van der Waals surface area contributed by atoms with Crippen molar-refractivity contribution in [2.75, 3.05) is 26.2 Å². The Bertz CT molecular complexity index is 1010. The Kier molecular flexibility index (Phi) is 8.52. The highest BCUT2D eigenvalue weighted by molar-refractivity contribution is 8.18. The molecule has 13 heteroatoms. The van der Waals surface area contributed by atoms with Gasteiger partial charge in [-0.1, -0.05) is 12.1 Å². The molecule has 0 atom stereocenters. The van der Waals surface area contributed by atoms with Crippen molar-refractivity contribution in [3.8, 4) is 0 Å². The van der Waals surface area contributed by atoms with Crippen LogP contribution in [-0.2, 0) is 28.4 Å². The fourth-order valence-electron chi connectivity index (χ4n) is 3.80. The first-order valence-electron chi connectivity index (χ1n) is 10.8. The van der Waals surface area contributed by atoms with Gasteiger partial charge in [0.05, 0.1) is 22.6 Å². The third-order valence-electron chi connectivity index (χ3n) is 5.48. The van der Waals surface area contributed by atoms with Crippen molar-refractivity contribution in [1.29, 1.82) is 0 Å². The lowest BCUT2D eigenvalue weighted by Gasteiger charge is -2.31. The topological polar surface area (TPSA) is 71.0 Å². The lowest BCUT2D eigenvalue weighted by molar-refractivity contribution is -0.144. The van der Waals surface area contributed by atoms with Gasteiger partial charge in [-0.3, -0.25) is 19.5 Å². The van der Waals surface area contributed by atoms with E-state index >= 15 is 0 Å². The Labute approximate surface area is 201 Å². The van der Waals surface area contributed by atoms with Crippen LogP contribution in [0.5, 0.6) is 0 Å². The molecule has 2 heterocycles. The maximum Gasteiger partial charge on any atom is 0.416 e. The summed E-state index contributed by atoms with van der Waals surface area (Å²) in [6.45, 7) is 2.36. The standard InChI is InChI=1S/C22H23F6N3O3S/c1-2-34-18(32)11-29-19-17(35-20(33)30-19)9-13-5-7-31(8-6-13)12-14-3-4-15(21(23,24)25)10-16(14)22(26,27)28/h3-4,9-10,13H,2,5-8,11-12H2,1H3,(H,29,30,33)/b17-9-. The summed E-state index contributed by atoms with van der Waals surface area (Å²) in [6, 6.07) is 1.71. The maximum absolute atomic E-state index is 13.4. The van der Waals surface area contributed by atoms with Gasteiger partial charge < -0.3 is 10.1 Å². The summed E-state index contributed by atoms with van der Waals surface area (Å²) in [4.78, 5) is 29.7. The molecule has 0 saturated carbocycles. The number of esters is 1. The summed E-state index contributed by atoms with van der Waals surface area (Å²) in [5, 5.41) is 2.23. The zero-order chi connectivity index (χ0) is 25.8. The summed E-state index contributed by atoms with van der Waals surface area (Å²) in [5.41, 5.74) is -2.83. The number of alkyl halides is 6. The molecule has 192 valence electrons. The quantitative estimate of drug-likeness (QED) is 0.408. The monoisotopic (exact) mass is 523 g/mol. The number of carbonyl (C=O) groups excluding carboxylic acids is 2. The third kappa shape index (κ3) is 7.47. The number of rotatable bonds is 6. The van der Waals surface area contributed by atoms with Crippen LogP contribution in [-0.4, -0.2) is 48.2 Å². The molecule has 0 bridgehead atoms. The summed E-state index contributed by atoms with van der Waals surface area (Å²) in [5.74, 6) is -0.237. The van der Waals surface area contributed by atoms with Gasteiger partial charge in [-0.05, 0) is 68.2 Å². The van der Waals surface area contributed by atoms with Crippen molar-refractivity contribution in [2.24, 2.45) is 10.9 Å². The van der Waals surface area contributed by atoms with Gasteiger partial charge in [0.25, 0.3) is 5.24 Å². The number of nitrogens with zero attached hydrogens (tertiary/aromatic N) is 2. The molecular formula is C22H23F6N3O3S. The van der Waals surface area contributed by atoms with E-state index in [-0.39, 0.29) is 48.3 Å². The predicted molar refractivity (Wildman–Crippen MR) is 118 cm³/mol. The molecule has 0 unspecified atom stereocenters. The first-order valence-corrected chi connectivity index (χ1v) is 11.6. The molecule has 35 heavy (non-hydrogen) atoms. The third-order valence-corrected chi connectivity index (χ3v) is 6.32. The van der Waals surface area contributed by atoms with E-state index in [1.54, 1.807) is 11.8 Å². The van der Waals surface area contributed by atoms with Crippen molar-refractivity contribution in [3.63, 3.8) is 0 Å². The van der Waals surface area contributed by atoms with Crippen LogP contribution in [0.2, 0.25) is 0 Å². The van der Waals surface area contributed by atoms with Crippen LogP contribution < -0.4 is 5.32 Å². The Hall–Kier alpha value is -2.54. The second-order valence-corrected chi connectivity index (χ2v) is 9.01. The van der Waals surface area contributed by atoms with Crippen molar-refractivity contribution in [3.05, 3.63) is 45.9 Å². The van der Waals surface area contributed by atoms with Gasteiger partial charge in [-0.2, -0.15) is 26.3 Å². The Balaban J connectivity index is 1.65. The van der Waals surface area contributed by atoms with E-state index in [2.05, 4.69) is 10.3 Å². The predicted octanol–water partition coefficient (Wildman–Crippen LogP) is 5.24. The maximum atomic E-state index is 13.4. The number of piperidine rings is 1. The van der Waals surface area contributed by atoms with Crippen LogP contribution in [0.15, 0.2) is 34.2 Å². The molecule has 2 fully saturated rings. The van der Waals surface area contributed by atoms with Crippen molar-refractivity contribution in [1.82, 2.24) is 10.2 Å². The molecule has 3 rings (SSSR count). The minimum absolute atomic E-state index is 0.0175. The smallest absolute Gasteiger partial charge is 0.416 e. The molecule has 2 aliphatic rings. The first kappa shape index (κ1) is 27.1. The molecule has 1 amide bonds. The zero-order valence-electron chi connectivity index (χ0n) is 18.6. The van der Waals surface area contributed by atoms with Crippen LogP contribution in [0, 0.1) is 5.92 Å². The molecule has 1 aromatic carbocycles. The number of benzene rings is 1. The number of amidine groups is 1. The summed E-state index contributed by atoms with van der Waals surface area (Å²) < 4.78 is 83.7. The van der Waals surface area contributed by atoms with E-state index in [9.17, 15) is 35.9 Å². The van der Waals surface area contributed by atoms with E-state index in [4.69, 9.17) is 4.74 Å². The number of nitrogens with one attached hydrogen (secondary N) is 1. The lowest BCUT2D eigenvalue weighted by atomic mass is 9.95. The number of halogens is 6. The fourth-order valence-corrected chi connectivity index (χ4v) is 4.62.